The molecule has 3 nitrogen and oxygen atoms in total. The zero-order chi connectivity index (χ0) is 17.6. The van der Waals surface area contributed by atoms with E-state index in [1.807, 2.05) is 78.9 Å². The molecule has 0 amide bonds. The summed E-state index contributed by atoms with van der Waals surface area (Å²) < 4.78 is 2.06. The topological polar surface area (TPSA) is 45.8 Å². The first-order valence-corrected chi connectivity index (χ1v) is 9.16. The molecule has 0 aliphatic carbocycles. The zero-order valence-electron chi connectivity index (χ0n) is 13.1. The molecule has 0 saturated heterocycles. The van der Waals surface area contributed by atoms with E-state index in [0.717, 1.165) is 20.1 Å². The van der Waals surface area contributed by atoms with Crippen molar-refractivity contribution in [1.82, 2.24) is 9.97 Å². The van der Waals surface area contributed by atoms with Crippen LogP contribution in [0, 0.1) is 0 Å². The zero-order valence-corrected chi connectivity index (χ0v) is 16.3. The molecular weight excluding hydrogens is 444 g/mol. The molecule has 5 heteroatoms. The molecule has 0 aliphatic rings. The maximum Gasteiger partial charge on any atom is 0.345 e. The van der Waals surface area contributed by atoms with Gasteiger partial charge < -0.3 is 4.98 Å². The minimum absolute atomic E-state index is 0.367. The number of aromatic nitrogens is 2. The highest BCUT2D eigenvalue weighted by atomic mass is 79.9. The number of benzene rings is 2. The van der Waals surface area contributed by atoms with Gasteiger partial charge in [-0.15, -0.1) is 0 Å². The molecule has 0 bridgehead atoms. The summed E-state index contributed by atoms with van der Waals surface area (Å²) in [6, 6.07) is 17.7. The van der Waals surface area contributed by atoms with Gasteiger partial charge in [0.2, 0.25) is 0 Å². The van der Waals surface area contributed by atoms with Crippen LogP contribution in [0.2, 0.25) is 0 Å². The van der Waals surface area contributed by atoms with Gasteiger partial charge in [0.25, 0.3) is 0 Å². The maximum absolute atomic E-state index is 11.8. The molecule has 0 saturated carbocycles. The number of H-pyrrole nitrogens is 1. The summed E-state index contributed by atoms with van der Waals surface area (Å²) in [5, 5.41) is 0. The molecule has 0 unspecified atom stereocenters. The lowest BCUT2D eigenvalue weighted by atomic mass is 10.2. The van der Waals surface area contributed by atoms with Crippen molar-refractivity contribution in [2.24, 2.45) is 0 Å². The third kappa shape index (κ3) is 5.37. The van der Waals surface area contributed by atoms with Crippen LogP contribution in [0.5, 0.6) is 0 Å². The van der Waals surface area contributed by atoms with Crippen molar-refractivity contribution in [2.75, 3.05) is 0 Å². The Labute approximate surface area is 162 Å². The van der Waals surface area contributed by atoms with E-state index in [0.29, 0.717) is 11.4 Å². The van der Waals surface area contributed by atoms with Crippen molar-refractivity contribution in [3.05, 3.63) is 96.5 Å². The van der Waals surface area contributed by atoms with Gasteiger partial charge in [-0.2, -0.15) is 4.98 Å². The molecule has 0 fully saturated rings. The number of hydrogen-bond donors (Lipinski definition) is 1. The van der Waals surface area contributed by atoms with Crippen LogP contribution in [-0.4, -0.2) is 9.97 Å². The summed E-state index contributed by atoms with van der Waals surface area (Å²) >= 11 is 6.82. The third-order valence-corrected chi connectivity index (χ3v) is 4.48. The van der Waals surface area contributed by atoms with Gasteiger partial charge in [-0.25, -0.2) is 4.79 Å². The standard InChI is InChI=1S/C20H14Br2N2O/c21-16-7-1-14(2-8-16)5-11-18-13-19(24-20(25)23-18)12-6-15-3-9-17(22)10-4-15/h1-13H,(H,23,24,25). The second-order valence-corrected chi connectivity index (χ2v) is 7.17. The Hall–Kier alpha value is -2.24. The van der Waals surface area contributed by atoms with Crippen LogP contribution in [0.15, 0.2) is 68.3 Å². The van der Waals surface area contributed by atoms with Crippen LogP contribution in [0.3, 0.4) is 0 Å². The van der Waals surface area contributed by atoms with Crippen molar-refractivity contribution < 1.29 is 0 Å². The fourth-order valence-electron chi connectivity index (χ4n) is 2.19. The van der Waals surface area contributed by atoms with Crippen LogP contribution in [0.1, 0.15) is 22.5 Å². The molecule has 0 radical (unpaired) electrons. The number of halogens is 2. The van der Waals surface area contributed by atoms with E-state index in [1.165, 1.54) is 0 Å². The summed E-state index contributed by atoms with van der Waals surface area (Å²) in [6.45, 7) is 0. The molecule has 1 N–H and O–H groups in total. The molecule has 124 valence electrons. The number of rotatable bonds is 4. The lowest BCUT2D eigenvalue weighted by molar-refractivity contribution is 1.05. The quantitative estimate of drug-likeness (QED) is 0.551. The first-order chi connectivity index (χ1) is 12.1. The van der Waals surface area contributed by atoms with Crippen LogP contribution in [0.4, 0.5) is 0 Å². The van der Waals surface area contributed by atoms with Crippen LogP contribution < -0.4 is 5.69 Å². The number of nitrogens with one attached hydrogen (secondary N) is 1. The van der Waals surface area contributed by atoms with E-state index < -0.39 is 0 Å². The van der Waals surface area contributed by atoms with Crippen LogP contribution in [0.25, 0.3) is 24.3 Å². The predicted molar refractivity (Wildman–Crippen MR) is 111 cm³/mol. The van der Waals surface area contributed by atoms with E-state index in [1.54, 1.807) is 0 Å². The van der Waals surface area contributed by atoms with E-state index in [-0.39, 0.29) is 5.69 Å². The molecule has 0 spiro atoms. The summed E-state index contributed by atoms with van der Waals surface area (Å²) in [5.41, 5.74) is 3.04. The second-order valence-electron chi connectivity index (χ2n) is 5.34. The van der Waals surface area contributed by atoms with E-state index in [9.17, 15) is 4.79 Å². The van der Waals surface area contributed by atoms with Gasteiger partial charge >= 0.3 is 5.69 Å². The number of hydrogen-bond acceptors (Lipinski definition) is 2. The normalized spacial score (nSPS) is 11.4. The van der Waals surface area contributed by atoms with Crippen LogP contribution in [-0.2, 0) is 0 Å². The van der Waals surface area contributed by atoms with E-state index >= 15 is 0 Å². The minimum Gasteiger partial charge on any atom is -0.306 e. The van der Waals surface area contributed by atoms with Crippen LogP contribution >= 0.6 is 31.9 Å². The number of nitrogens with zero attached hydrogens (tertiary/aromatic N) is 1. The largest absolute Gasteiger partial charge is 0.345 e. The maximum atomic E-state index is 11.8. The molecular formula is C20H14Br2N2O. The van der Waals surface area contributed by atoms with Gasteiger partial charge in [-0.3, -0.25) is 0 Å². The van der Waals surface area contributed by atoms with Gasteiger partial charge in [-0.1, -0.05) is 68.3 Å². The van der Waals surface area contributed by atoms with Gasteiger partial charge in [0.15, 0.2) is 0 Å². The minimum atomic E-state index is -0.367. The number of aromatic amines is 1. The Bertz CT molecular complexity index is 895. The fraction of sp³-hybridized carbons (Fsp3) is 0. The highest BCUT2D eigenvalue weighted by Crippen LogP contribution is 2.14. The highest BCUT2D eigenvalue weighted by molar-refractivity contribution is 9.10. The monoisotopic (exact) mass is 456 g/mol. The van der Waals surface area contributed by atoms with E-state index in [4.69, 9.17) is 0 Å². The first kappa shape index (κ1) is 17.6. The highest BCUT2D eigenvalue weighted by Gasteiger charge is 1.97. The molecule has 3 rings (SSSR count). The summed E-state index contributed by atoms with van der Waals surface area (Å²) in [7, 11) is 0. The summed E-state index contributed by atoms with van der Waals surface area (Å²) in [6.07, 6.45) is 7.56. The van der Waals surface area contributed by atoms with E-state index in [2.05, 4.69) is 41.8 Å². The smallest absolute Gasteiger partial charge is 0.306 e. The molecule has 25 heavy (non-hydrogen) atoms. The van der Waals surface area contributed by atoms with Crippen molar-refractivity contribution >= 4 is 56.2 Å². The summed E-state index contributed by atoms with van der Waals surface area (Å²) in [4.78, 5) is 18.5. The molecule has 1 heterocycles. The lowest BCUT2D eigenvalue weighted by Gasteiger charge is -1.98. The second kappa shape index (κ2) is 8.23. The molecule has 1 aromatic heterocycles. The van der Waals surface area contributed by atoms with Gasteiger partial charge in [0.1, 0.15) is 0 Å². The first-order valence-electron chi connectivity index (χ1n) is 7.57. The Morgan fingerprint density at radius 1 is 0.760 bits per heavy atom. The van der Waals surface area contributed by atoms with Crippen molar-refractivity contribution in [3.8, 4) is 0 Å². The Kier molecular flexibility index (Phi) is 5.79. The average molecular weight is 458 g/mol. The molecule has 0 aliphatic heterocycles. The van der Waals surface area contributed by atoms with Crippen molar-refractivity contribution in [2.45, 2.75) is 0 Å². The predicted octanol–water partition coefficient (Wildman–Crippen LogP) is 5.64. The SMILES string of the molecule is O=c1nc(C=Cc2ccc(Br)cc2)cc(C=Cc2ccc(Br)cc2)[nH]1. The molecule has 3 aromatic rings. The Morgan fingerprint density at radius 2 is 1.28 bits per heavy atom. The van der Waals surface area contributed by atoms with Crippen molar-refractivity contribution in [1.29, 1.82) is 0 Å². The van der Waals surface area contributed by atoms with Gasteiger partial charge in [0, 0.05) is 14.6 Å². The third-order valence-electron chi connectivity index (χ3n) is 3.43. The fourth-order valence-corrected chi connectivity index (χ4v) is 2.72. The lowest BCUT2D eigenvalue weighted by Crippen LogP contribution is -2.12. The average Bonchev–Trinajstić information content (AvgIpc) is 2.60. The molecule has 0 atom stereocenters. The van der Waals surface area contributed by atoms with Gasteiger partial charge in [0.05, 0.1) is 5.69 Å². The molecule has 2 aromatic carbocycles. The Morgan fingerprint density at radius 3 is 1.84 bits per heavy atom. The Balaban J connectivity index is 1.81. The van der Waals surface area contributed by atoms with Gasteiger partial charge in [-0.05, 0) is 53.6 Å². The van der Waals surface area contributed by atoms with Crippen molar-refractivity contribution in [3.63, 3.8) is 0 Å². The summed E-state index contributed by atoms with van der Waals surface area (Å²) in [5.74, 6) is 0.